The van der Waals surface area contributed by atoms with Crippen LogP contribution in [0.2, 0.25) is 0 Å². The second kappa shape index (κ2) is 7.43. The van der Waals surface area contributed by atoms with Crippen molar-refractivity contribution in [1.29, 1.82) is 0 Å². The first-order chi connectivity index (χ1) is 9.65. The summed E-state index contributed by atoms with van der Waals surface area (Å²) in [5.74, 6) is 0. The van der Waals surface area contributed by atoms with Gasteiger partial charge in [0, 0.05) is 29.8 Å². The number of rotatable bonds is 6. The molecule has 2 N–H and O–H groups in total. The molecule has 20 heavy (non-hydrogen) atoms. The van der Waals surface area contributed by atoms with Gasteiger partial charge in [-0.3, -0.25) is 4.90 Å². The van der Waals surface area contributed by atoms with Gasteiger partial charge in [0.2, 0.25) is 0 Å². The highest BCUT2D eigenvalue weighted by Crippen LogP contribution is 2.25. The molecular weight excluding hydrogens is 314 g/mol. The van der Waals surface area contributed by atoms with Crippen molar-refractivity contribution in [3.63, 3.8) is 0 Å². The van der Waals surface area contributed by atoms with E-state index in [1.807, 2.05) is 0 Å². The second-order valence-corrected chi connectivity index (χ2v) is 6.47. The summed E-state index contributed by atoms with van der Waals surface area (Å²) in [6.07, 6.45) is 3.59. The molecule has 1 aromatic rings. The summed E-state index contributed by atoms with van der Waals surface area (Å²) in [5, 5.41) is 0. The molecule has 1 aromatic carbocycles. The predicted molar refractivity (Wildman–Crippen MR) is 90.4 cm³/mol. The van der Waals surface area contributed by atoms with E-state index in [0.29, 0.717) is 12.6 Å². The van der Waals surface area contributed by atoms with Crippen LogP contribution in [0.5, 0.6) is 0 Å². The zero-order chi connectivity index (χ0) is 14.5. The smallest absolute Gasteiger partial charge is 0.0375 e. The number of benzene rings is 1. The van der Waals surface area contributed by atoms with E-state index >= 15 is 0 Å². The van der Waals surface area contributed by atoms with Crippen LogP contribution >= 0.6 is 15.9 Å². The lowest BCUT2D eigenvalue weighted by molar-refractivity contribution is 0.270. The van der Waals surface area contributed by atoms with Crippen LogP contribution < -0.4 is 10.6 Å². The molecule has 1 saturated heterocycles. The van der Waals surface area contributed by atoms with E-state index in [2.05, 4.69) is 57.9 Å². The van der Waals surface area contributed by atoms with E-state index in [9.17, 15) is 0 Å². The van der Waals surface area contributed by atoms with Crippen molar-refractivity contribution in [2.45, 2.75) is 32.2 Å². The molecule has 0 spiro atoms. The van der Waals surface area contributed by atoms with Gasteiger partial charge in [0.05, 0.1) is 0 Å². The Morgan fingerprint density at radius 1 is 1.45 bits per heavy atom. The molecule has 1 fully saturated rings. The number of hydrogen-bond acceptors (Lipinski definition) is 3. The number of hydrogen-bond donors (Lipinski definition) is 1. The van der Waals surface area contributed by atoms with E-state index in [-0.39, 0.29) is 0 Å². The van der Waals surface area contributed by atoms with Crippen molar-refractivity contribution >= 4 is 21.6 Å². The molecule has 1 atom stereocenters. The summed E-state index contributed by atoms with van der Waals surface area (Å²) in [5.41, 5.74) is 8.20. The molecule has 0 aromatic heterocycles. The normalized spacial score (nSPS) is 19.5. The number of likely N-dealkylation sites (tertiary alicyclic amines) is 1. The van der Waals surface area contributed by atoms with Crippen LogP contribution in [0, 0.1) is 0 Å². The van der Waals surface area contributed by atoms with Crippen molar-refractivity contribution < 1.29 is 0 Å². The molecule has 1 unspecified atom stereocenters. The summed E-state index contributed by atoms with van der Waals surface area (Å²) in [4.78, 5) is 4.96. The first-order valence-electron chi connectivity index (χ1n) is 7.59. The fourth-order valence-electron chi connectivity index (χ4n) is 3.07. The molecule has 0 amide bonds. The highest BCUT2D eigenvalue weighted by molar-refractivity contribution is 9.10. The topological polar surface area (TPSA) is 32.5 Å². The number of likely N-dealkylation sites (N-methyl/N-ethyl adjacent to an activating group) is 2. The van der Waals surface area contributed by atoms with Crippen LogP contribution in [-0.2, 0) is 6.42 Å². The third kappa shape index (κ3) is 3.74. The minimum atomic E-state index is 0.696. The van der Waals surface area contributed by atoms with Gasteiger partial charge >= 0.3 is 0 Å². The summed E-state index contributed by atoms with van der Waals surface area (Å²) < 4.78 is 1.17. The summed E-state index contributed by atoms with van der Waals surface area (Å²) in [6.45, 7) is 6.49. The lowest BCUT2D eigenvalue weighted by Gasteiger charge is -2.29. The fourth-order valence-corrected chi connectivity index (χ4v) is 3.64. The van der Waals surface area contributed by atoms with Crippen molar-refractivity contribution in [3.05, 3.63) is 28.2 Å². The average Bonchev–Trinajstić information content (AvgIpc) is 2.88. The molecule has 4 heteroatoms. The van der Waals surface area contributed by atoms with Crippen LogP contribution in [-0.4, -0.2) is 44.2 Å². The minimum Gasteiger partial charge on any atom is -0.373 e. The Hall–Kier alpha value is -0.580. The summed E-state index contributed by atoms with van der Waals surface area (Å²) >= 11 is 3.66. The van der Waals surface area contributed by atoms with Gasteiger partial charge in [0.15, 0.2) is 0 Å². The van der Waals surface area contributed by atoms with Crippen LogP contribution in [0.1, 0.15) is 25.3 Å². The Balaban J connectivity index is 2.01. The van der Waals surface area contributed by atoms with Gasteiger partial charge in [0.1, 0.15) is 0 Å². The van der Waals surface area contributed by atoms with Gasteiger partial charge in [-0.05, 0) is 56.6 Å². The number of halogens is 1. The van der Waals surface area contributed by atoms with Crippen molar-refractivity contribution in [3.8, 4) is 0 Å². The SMILES string of the molecule is CCN1CCCC1CN(C)c1ccc(CCN)c(Br)c1. The Bertz CT molecular complexity index is 436. The Morgan fingerprint density at radius 3 is 2.90 bits per heavy atom. The van der Waals surface area contributed by atoms with Gasteiger partial charge < -0.3 is 10.6 Å². The fraction of sp³-hybridized carbons (Fsp3) is 0.625. The standard InChI is InChI=1S/C16H26BrN3/c1-3-20-10-4-5-15(20)12-19(2)14-7-6-13(8-9-18)16(17)11-14/h6-7,11,15H,3-5,8-10,12,18H2,1-2H3. The molecule has 1 aliphatic heterocycles. The molecule has 0 bridgehead atoms. The van der Waals surface area contributed by atoms with Gasteiger partial charge in [-0.2, -0.15) is 0 Å². The number of anilines is 1. The molecule has 3 nitrogen and oxygen atoms in total. The maximum Gasteiger partial charge on any atom is 0.0375 e. The minimum absolute atomic E-state index is 0.696. The Labute approximate surface area is 131 Å². The Kier molecular flexibility index (Phi) is 5.87. The number of nitrogens with two attached hydrogens (primary N) is 1. The lowest BCUT2D eigenvalue weighted by atomic mass is 10.1. The van der Waals surface area contributed by atoms with E-state index in [1.54, 1.807) is 0 Å². The number of nitrogens with zero attached hydrogens (tertiary/aromatic N) is 2. The highest BCUT2D eigenvalue weighted by Gasteiger charge is 2.24. The zero-order valence-electron chi connectivity index (χ0n) is 12.6. The Morgan fingerprint density at radius 2 is 2.25 bits per heavy atom. The average molecular weight is 340 g/mol. The largest absolute Gasteiger partial charge is 0.373 e. The van der Waals surface area contributed by atoms with Gasteiger partial charge in [0.25, 0.3) is 0 Å². The van der Waals surface area contributed by atoms with Crippen LogP contribution in [0.25, 0.3) is 0 Å². The van der Waals surface area contributed by atoms with Crippen LogP contribution in [0.4, 0.5) is 5.69 Å². The molecule has 112 valence electrons. The second-order valence-electron chi connectivity index (χ2n) is 5.62. The molecular formula is C16H26BrN3. The van der Waals surface area contributed by atoms with Crippen LogP contribution in [0.3, 0.4) is 0 Å². The molecule has 1 heterocycles. The molecule has 0 radical (unpaired) electrons. The third-order valence-corrected chi connectivity index (χ3v) is 5.02. The third-order valence-electron chi connectivity index (χ3n) is 4.28. The monoisotopic (exact) mass is 339 g/mol. The first-order valence-corrected chi connectivity index (χ1v) is 8.38. The van der Waals surface area contributed by atoms with Crippen molar-refractivity contribution in [1.82, 2.24) is 4.90 Å². The zero-order valence-corrected chi connectivity index (χ0v) is 14.2. The van der Waals surface area contributed by atoms with E-state index in [1.165, 1.54) is 35.1 Å². The molecule has 0 saturated carbocycles. The lowest BCUT2D eigenvalue weighted by Crippen LogP contribution is -2.38. The summed E-state index contributed by atoms with van der Waals surface area (Å²) in [6, 6.07) is 7.32. The van der Waals surface area contributed by atoms with E-state index < -0.39 is 0 Å². The van der Waals surface area contributed by atoms with E-state index in [0.717, 1.165) is 19.5 Å². The molecule has 2 rings (SSSR count). The maximum absolute atomic E-state index is 5.63. The summed E-state index contributed by atoms with van der Waals surface area (Å²) in [7, 11) is 2.19. The van der Waals surface area contributed by atoms with Gasteiger partial charge in [-0.1, -0.05) is 28.9 Å². The quantitative estimate of drug-likeness (QED) is 0.864. The van der Waals surface area contributed by atoms with Gasteiger partial charge in [-0.15, -0.1) is 0 Å². The molecule has 0 aliphatic carbocycles. The predicted octanol–water partition coefficient (Wildman–Crippen LogP) is 2.87. The van der Waals surface area contributed by atoms with Gasteiger partial charge in [-0.25, -0.2) is 0 Å². The van der Waals surface area contributed by atoms with E-state index in [4.69, 9.17) is 5.73 Å². The van der Waals surface area contributed by atoms with Crippen molar-refractivity contribution in [2.75, 3.05) is 38.1 Å². The highest BCUT2D eigenvalue weighted by atomic mass is 79.9. The first kappa shape index (κ1) is 15.8. The van der Waals surface area contributed by atoms with Crippen LogP contribution in [0.15, 0.2) is 22.7 Å². The molecule has 1 aliphatic rings. The van der Waals surface area contributed by atoms with Crippen molar-refractivity contribution in [2.24, 2.45) is 5.73 Å². The maximum atomic E-state index is 5.63.